The molecule has 1 N–H and O–H groups in total. The second-order valence-electron chi connectivity index (χ2n) is 5.11. The molecule has 1 aliphatic carbocycles. The molecule has 0 atom stereocenters. The van der Waals surface area contributed by atoms with Crippen LogP contribution in [-0.4, -0.2) is 5.91 Å². The van der Waals surface area contributed by atoms with Crippen molar-refractivity contribution in [1.29, 1.82) is 5.26 Å². The third kappa shape index (κ3) is 2.22. The number of amides is 1. The highest BCUT2D eigenvalue weighted by Crippen LogP contribution is 2.46. The predicted octanol–water partition coefficient (Wildman–Crippen LogP) is 3.26. The van der Waals surface area contributed by atoms with E-state index in [2.05, 4.69) is 0 Å². The van der Waals surface area contributed by atoms with E-state index in [1.165, 1.54) is 0 Å². The van der Waals surface area contributed by atoms with E-state index in [0.717, 1.165) is 0 Å². The van der Waals surface area contributed by atoms with Crippen molar-refractivity contribution in [2.24, 2.45) is 11.3 Å². The second-order valence-corrected chi connectivity index (χ2v) is 5.11. The Morgan fingerprint density at radius 2 is 1.52 bits per heavy atom. The van der Waals surface area contributed by atoms with Crippen LogP contribution in [-0.2, 0) is 4.79 Å². The fourth-order valence-corrected chi connectivity index (χ4v) is 2.41. The van der Waals surface area contributed by atoms with E-state index in [1.54, 1.807) is 18.3 Å². The largest absolute Gasteiger partial charge is 0.320 e. The van der Waals surface area contributed by atoms with Crippen molar-refractivity contribution in [2.75, 3.05) is 5.32 Å². The molecular formula is C13H9F5N2O. The molecule has 0 saturated heterocycles. The lowest BCUT2D eigenvalue weighted by Crippen LogP contribution is -2.45. The number of nitriles is 1. The maximum Gasteiger partial charge on any atom is 0.245 e. The predicted molar refractivity (Wildman–Crippen MR) is 61.3 cm³/mol. The van der Waals surface area contributed by atoms with Crippen LogP contribution in [0, 0.1) is 51.8 Å². The smallest absolute Gasteiger partial charge is 0.245 e. The summed E-state index contributed by atoms with van der Waals surface area (Å²) in [5, 5.41) is 10.6. The summed E-state index contributed by atoms with van der Waals surface area (Å²) in [5.41, 5.74) is -2.94. The van der Waals surface area contributed by atoms with Crippen LogP contribution in [0.15, 0.2) is 0 Å². The molecule has 1 aromatic rings. The van der Waals surface area contributed by atoms with E-state index < -0.39 is 46.1 Å². The van der Waals surface area contributed by atoms with Crippen LogP contribution in [0.3, 0.4) is 0 Å². The molecule has 1 fully saturated rings. The quantitative estimate of drug-likeness (QED) is 0.518. The van der Waals surface area contributed by atoms with Gasteiger partial charge in [-0.05, 0) is 18.8 Å². The Balaban J connectivity index is 2.37. The van der Waals surface area contributed by atoms with Gasteiger partial charge in [0.25, 0.3) is 0 Å². The molecule has 0 unspecified atom stereocenters. The lowest BCUT2D eigenvalue weighted by Gasteiger charge is -2.39. The molecule has 112 valence electrons. The molecule has 0 radical (unpaired) electrons. The molecule has 1 aliphatic rings. The molecule has 0 aliphatic heterocycles. The van der Waals surface area contributed by atoms with E-state index >= 15 is 0 Å². The fourth-order valence-electron chi connectivity index (χ4n) is 2.41. The molecule has 2 rings (SSSR count). The number of hydrogen-bond acceptors (Lipinski definition) is 2. The van der Waals surface area contributed by atoms with E-state index in [9.17, 15) is 26.7 Å². The summed E-state index contributed by atoms with van der Waals surface area (Å²) in [4.78, 5) is 11.9. The van der Waals surface area contributed by atoms with Gasteiger partial charge < -0.3 is 5.32 Å². The molecule has 3 nitrogen and oxygen atoms in total. The topological polar surface area (TPSA) is 52.9 Å². The number of rotatable bonds is 2. The van der Waals surface area contributed by atoms with Gasteiger partial charge in [0, 0.05) is 0 Å². The summed E-state index contributed by atoms with van der Waals surface area (Å²) in [6, 6.07) is 1.73. The SMILES string of the molecule is CC1CC(C#N)(C(=O)Nc2c(F)c(F)c(F)c(F)c2F)C1. The van der Waals surface area contributed by atoms with Gasteiger partial charge in [0.2, 0.25) is 11.7 Å². The first-order chi connectivity index (χ1) is 9.73. The Labute approximate surface area is 116 Å². The third-order valence-corrected chi connectivity index (χ3v) is 3.49. The van der Waals surface area contributed by atoms with E-state index in [1.807, 2.05) is 0 Å². The van der Waals surface area contributed by atoms with Crippen molar-refractivity contribution in [3.63, 3.8) is 0 Å². The minimum atomic E-state index is -2.31. The Hall–Kier alpha value is -2.17. The van der Waals surface area contributed by atoms with Crippen molar-refractivity contribution in [2.45, 2.75) is 19.8 Å². The van der Waals surface area contributed by atoms with Gasteiger partial charge in [0.05, 0.1) is 6.07 Å². The Kier molecular flexibility index (Phi) is 3.61. The molecule has 0 heterocycles. The summed E-state index contributed by atoms with van der Waals surface area (Å²) < 4.78 is 65.8. The van der Waals surface area contributed by atoms with Crippen LogP contribution >= 0.6 is 0 Å². The molecular weight excluding hydrogens is 295 g/mol. The normalized spacial score (nSPS) is 24.1. The average Bonchev–Trinajstić information content (AvgIpc) is 2.43. The van der Waals surface area contributed by atoms with E-state index in [0.29, 0.717) is 0 Å². The molecule has 0 spiro atoms. The maximum atomic E-state index is 13.4. The van der Waals surface area contributed by atoms with Gasteiger partial charge in [0.15, 0.2) is 23.3 Å². The molecule has 1 saturated carbocycles. The highest BCUT2D eigenvalue weighted by atomic mass is 19.2. The second kappa shape index (κ2) is 4.98. The number of halogens is 5. The number of carbonyl (C=O) groups is 1. The highest BCUT2D eigenvalue weighted by molar-refractivity contribution is 5.98. The first kappa shape index (κ1) is 15.2. The van der Waals surface area contributed by atoms with Crippen LogP contribution in [0.25, 0.3) is 0 Å². The summed E-state index contributed by atoms with van der Waals surface area (Å²) in [6.45, 7) is 1.77. The van der Waals surface area contributed by atoms with Crippen molar-refractivity contribution >= 4 is 11.6 Å². The van der Waals surface area contributed by atoms with Gasteiger partial charge in [-0.2, -0.15) is 5.26 Å². The van der Waals surface area contributed by atoms with E-state index in [4.69, 9.17) is 5.26 Å². The molecule has 1 amide bonds. The lowest BCUT2D eigenvalue weighted by atomic mass is 9.63. The minimum absolute atomic E-state index is 0.0618. The minimum Gasteiger partial charge on any atom is -0.320 e. The van der Waals surface area contributed by atoms with Gasteiger partial charge in [-0.3, -0.25) is 4.79 Å². The fraction of sp³-hybridized carbons (Fsp3) is 0.385. The first-order valence-electron chi connectivity index (χ1n) is 5.97. The van der Waals surface area contributed by atoms with Crippen molar-refractivity contribution in [3.8, 4) is 6.07 Å². The zero-order valence-electron chi connectivity index (χ0n) is 10.7. The van der Waals surface area contributed by atoms with Crippen LogP contribution < -0.4 is 5.32 Å². The van der Waals surface area contributed by atoms with Crippen molar-refractivity contribution < 1.29 is 26.7 Å². The summed E-state index contributed by atoms with van der Waals surface area (Å²) in [7, 11) is 0. The van der Waals surface area contributed by atoms with Gasteiger partial charge in [-0.1, -0.05) is 6.92 Å². The number of hydrogen-bond donors (Lipinski definition) is 1. The molecule has 1 aromatic carbocycles. The number of nitrogens with one attached hydrogen (secondary N) is 1. The van der Waals surface area contributed by atoms with Crippen molar-refractivity contribution in [3.05, 3.63) is 29.1 Å². The van der Waals surface area contributed by atoms with Crippen molar-refractivity contribution in [1.82, 2.24) is 0 Å². The number of benzene rings is 1. The Morgan fingerprint density at radius 3 is 1.90 bits per heavy atom. The highest BCUT2D eigenvalue weighted by Gasteiger charge is 2.49. The van der Waals surface area contributed by atoms with Gasteiger partial charge in [0.1, 0.15) is 11.1 Å². The van der Waals surface area contributed by atoms with Crippen LogP contribution in [0.4, 0.5) is 27.6 Å². The summed E-state index contributed by atoms with van der Waals surface area (Å²) in [5.74, 6) is -11.9. The zero-order valence-corrected chi connectivity index (χ0v) is 10.7. The average molecular weight is 304 g/mol. The van der Waals surface area contributed by atoms with Crippen LogP contribution in [0.2, 0.25) is 0 Å². The maximum absolute atomic E-state index is 13.4. The number of nitrogens with zero attached hydrogens (tertiary/aromatic N) is 1. The van der Waals surface area contributed by atoms with Gasteiger partial charge in [-0.25, -0.2) is 22.0 Å². The zero-order chi connectivity index (χ0) is 15.9. The monoisotopic (exact) mass is 304 g/mol. The molecule has 0 aromatic heterocycles. The van der Waals surface area contributed by atoms with Crippen LogP contribution in [0.1, 0.15) is 19.8 Å². The molecule has 8 heteroatoms. The number of carbonyl (C=O) groups excluding carboxylic acids is 1. The summed E-state index contributed by atoms with van der Waals surface area (Å²) >= 11 is 0. The standard InChI is InChI=1S/C13H9F5N2O/c1-5-2-13(3-5,4-19)12(21)20-11-9(17)7(15)6(14)8(16)10(11)18/h5H,2-3H2,1H3,(H,20,21). The van der Waals surface area contributed by atoms with E-state index in [-0.39, 0.29) is 18.8 Å². The van der Waals surface area contributed by atoms with Gasteiger partial charge >= 0.3 is 0 Å². The molecule has 0 bridgehead atoms. The van der Waals surface area contributed by atoms with Crippen LogP contribution in [0.5, 0.6) is 0 Å². The lowest BCUT2D eigenvalue weighted by molar-refractivity contribution is -0.128. The summed E-state index contributed by atoms with van der Waals surface area (Å²) in [6.07, 6.45) is 0.315. The van der Waals surface area contributed by atoms with Gasteiger partial charge in [-0.15, -0.1) is 0 Å². The Bertz CT molecular complexity index is 633. The molecule has 21 heavy (non-hydrogen) atoms. The first-order valence-corrected chi connectivity index (χ1v) is 5.97. The number of anilines is 1. The Morgan fingerprint density at radius 1 is 1.10 bits per heavy atom. The third-order valence-electron chi connectivity index (χ3n) is 3.49.